The van der Waals surface area contributed by atoms with E-state index in [-0.39, 0.29) is 11.9 Å². The monoisotopic (exact) mass is 509 g/mol. The van der Waals surface area contributed by atoms with Crippen molar-refractivity contribution in [3.63, 3.8) is 0 Å². The highest BCUT2D eigenvalue weighted by Crippen LogP contribution is 2.09. The van der Waals surface area contributed by atoms with Crippen molar-refractivity contribution in [1.29, 1.82) is 5.41 Å². The Kier molecular flexibility index (Phi) is 26.4. The topological polar surface area (TPSA) is 213 Å². The molecule has 0 saturated heterocycles. The summed E-state index contributed by atoms with van der Waals surface area (Å²) in [4.78, 5) is 4.00. The Balaban J connectivity index is 0. The first-order valence-electron chi connectivity index (χ1n) is 12.7. The van der Waals surface area contributed by atoms with Gasteiger partial charge < -0.3 is 27.8 Å². The molecule has 0 aliphatic heterocycles. The summed E-state index contributed by atoms with van der Waals surface area (Å²) in [5, 5.41) is 13.5. The maximum absolute atomic E-state index is 8.74. The molecule has 0 aromatic rings. The molecule has 0 bridgehead atoms. The van der Waals surface area contributed by atoms with E-state index in [1.165, 1.54) is 103 Å². The smallest absolute Gasteiger partial charge is 0.370 e. The van der Waals surface area contributed by atoms with E-state index in [0.29, 0.717) is 0 Å². The minimum atomic E-state index is -4.67. The summed E-state index contributed by atoms with van der Waals surface area (Å²) in [6.07, 6.45) is 20.7. The Morgan fingerprint density at radius 2 is 0.971 bits per heavy atom. The highest BCUT2D eigenvalue weighted by molar-refractivity contribution is 7.79. The van der Waals surface area contributed by atoms with Gasteiger partial charge in [0.15, 0.2) is 11.9 Å². The molecule has 0 atom stereocenters. The molecule has 0 spiro atoms. The molecule has 0 aliphatic carbocycles. The van der Waals surface area contributed by atoms with Gasteiger partial charge in [0.2, 0.25) is 0 Å². The van der Waals surface area contributed by atoms with E-state index in [2.05, 4.69) is 15.6 Å². The summed E-state index contributed by atoms with van der Waals surface area (Å²) < 4.78 is 31.6. The number of aliphatic imine (C=N–C) groups is 1. The number of unbranched alkanes of at least 4 members (excludes halogenated alkanes) is 14. The van der Waals surface area contributed by atoms with E-state index < -0.39 is 10.4 Å². The van der Waals surface area contributed by atoms with Gasteiger partial charge in [0.25, 0.3) is 0 Å². The molecule has 11 N–H and O–H groups in total. The maximum Gasteiger partial charge on any atom is 0.394 e. The molecule has 0 aliphatic rings. The van der Waals surface area contributed by atoms with E-state index in [0.717, 1.165) is 25.9 Å². The average molecular weight is 510 g/mol. The van der Waals surface area contributed by atoms with E-state index in [1.807, 2.05) is 0 Å². The van der Waals surface area contributed by atoms with E-state index in [4.69, 9.17) is 40.1 Å². The van der Waals surface area contributed by atoms with Crippen LogP contribution in [0, 0.1) is 5.41 Å². The zero-order valence-corrected chi connectivity index (χ0v) is 21.8. The van der Waals surface area contributed by atoms with Gasteiger partial charge in [-0.15, -0.1) is 0 Å². The van der Waals surface area contributed by atoms with Crippen molar-refractivity contribution in [1.82, 2.24) is 10.6 Å². The van der Waals surface area contributed by atoms with Crippen molar-refractivity contribution in [2.24, 2.45) is 22.2 Å². The molecule has 34 heavy (non-hydrogen) atoms. The van der Waals surface area contributed by atoms with E-state index >= 15 is 0 Å². The van der Waals surface area contributed by atoms with Gasteiger partial charge >= 0.3 is 10.4 Å². The fraction of sp³-hybridized carbons (Fsp3) is 0.909. The lowest BCUT2D eigenvalue weighted by molar-refractivity contribution is 0.381. The Hall–Kier alpha value is -1.63. The highest BCUT2D eigenvalue weighted by Gasteiger charge is 1.95. The van der Waals surface area contributed by atoms with Crippen LogP contribution in [0.15, 0.2) is 4.99 Å². The molecule has 0 radical (unpaired) electrons. The van der Waals surface area contributed by atoms with Crippen LogP contribution in [0.5, 0.6) is 0 Å². The molecular formula is C22H51N7O4S. The predicted octanol–water partition coefficient (Wildman–Crippen LogP) is 2.92. The number of hydrogen-bond donors (Lipinski definition) is 8. The van der Waals surface area contributed by atoms with Crippen LogP contribution in [0.25, 0.3) is 0 Å². The molecule has 12 heteroatoms. The molecule has 0 heterocycles. The van der Waals surface area contributed by atoms with Crippen LogP contribution in [0.1, 0.15) is 103 Å². The quantitative estimate of drug-likeness (QED) is 0.0465. The van der Waals surface area contributed by atoms with Gasteiger partial charge in [0.05, 0.1) is 0 Å². The van der Waals surface area contributed by atoms with Gasteiger partial charge in [-0.1, -0.05) is 77.0 Å². The van der Waals surface area contributed by atoms with Crippen LogP contribution in [0.3, 0.4) is 0 Å². The second-order valence-electron chi connectivity index (χ2n) is 8.50. The molecule has 0 amide bonds. The summed E-state index contributed by atoms with van der Waals surface area (Å²) in [7, 11) is -4.67. The van der Waals surface area contributed by atoms with Crippen molar-refractivity contribution in [2.45, 2.75) is 103 Å². The number of nitrogens with one attached hydrogen (secondary N) is 3. The van der Waals surface area contributed by atoms with E-state index in [9.17, 15) is 0 Å². The number of nitrogens with zero attached hydrogens (tertiary/aromatic N) is 1. The van der Waals surface area contributed by atoms with Crippen molar-refractivity contribution < 1.29 is 17.5 Å². The van der Waals surface area contributed by atoms with Crippen molar-refractivity contribution in [3.05, 3.63) is 0 Å². The molecule has 11 nitrogen and oxygen atoms in total. The van der Waals surface area contributed by atoms with Gasteiger partial charge in [-0.05, 0) is 38.8 Å². The first-order chi connectivity index (χ1) is 16.1. The first kappa shape index (κ1) is 34.5. The summed E-state index contributed by atoms with van der Waals surface area (Å²) in [6, 6.07) is 0. The van der Waals surface area contributed by atoms with Crippen LogP contribution in [0.4, 0.5) is 0 Å². The lowest BCUT2D eigenvalue weighted by Gasteiger charge is -2.06. The van der Waals surface area contributed by atoms with Crippen LogP contribution < -0.4 is 27.8 Å². The van der Waals surface area contributed by atoms with Crippen molar-refractivity contribution in [2.75, 3.05) is 26.2 Å². The number of nitrogens with two attached hydrogens (primary N) is 3. The van der Waals surface area contributed by atoms with Gasteiger partial charge in [-0.25, -0.2) is 0 Å². The standard InChI is InChI=1S/C22H49N7.H2O4S/c23-21(24)28-19-15-11-7-3-1-5-9-13-17-27-18-14-10-6-2-4-8-12-16-20-29-22(25)26;1-5(2,3)4/h27H,1-20H2,(H4,23,24,28)(H4,25,26,29);(H2,1,2,3,4). The minimum absolute atomic E-state index is 0.0853. The summed E-state index contributed by atoms with van der Waals surface area (Å²) >= 11 is 0. The molecule has 0 saturated carbocycles. The Morgan fingerprint density at radius 3 is 1.32 bits per heavy atom. The Morgan fingerprint density at radius 1 is 0.647 bits per heavy atom. The van der Waals surface area contributed by atoms with Crippen molar-refractivity contribution in [3.8, 4) is 0 Å². The SMILES string of the molecule is N=C(N)NCCCCCCCCCCNCCCCCCCCCCN=C(N)N.O=S(=O)(O)O. The normalized spacial score (nSPS) is 10.9. The van der Waals surface area contributed by atoms with Gasteiger partial charge in [-0.2, -0.15) is 8.42 Å². The van der Waals surface area contributed by atoms with E-state index in [1.54, 1.807) is 0 Å². The Labute approximate surface area is 207 Å². The molecule has 0 unspecified atom stereocenters. The lowest BCUT2D eigenvalue weighted by atomic mass is 10.1. The van der Waals surface area contributed by atoms with Gasteiger partial charge in [0.1, 0.15) is 0 Å². The molecule has 0 aromatic carbocycles. The van der Waals surface area contributed by atoms with Crippen molar-refractivity contribution >= 4 is 22.3 Å². The van der Waals surface area contributed by atoms with Gasteiger partial charge in [-0.3, -0.25) is 19.5 Å². The zero-order valence-electron chi connectivity index (χ0n) is 20.9. The Bertz CT molecular complexity index is 578. The molecule has 0 fully saturated rings. The summed E-state index contributed by atoms with van der Waals surface area (Å²) in [5.74, 6) is 0.295. The van der Waals surface area contributed by atoms with Crippen LogP contribution in [-0.2, 0) is 10.4 Å². The fourth-order valence-electron chi connectivity index (χ4n) is 3.41. The molecule has 204 valence electrons. The number of guanidine groups is 2. The maximum atomic E-state index is 8.74. The van der Waals surface area contributed by atoms with Gasteiger partial charge in [0, 0.05) is 13.1 Å². The largest absolute Gasteiger partial charge is 0.394 e. The molecular weight excluding hydrogens is 458 g/mol. The average Bonchev–Trinajstić information content (AvgIpc) is 2.72. The second kappa shape index (κ2) is 26.0. The zero-order chi connectivity index (χ0) is 25.9. The second-order valence-corrected chi connectivity index (χ2v) is 9.40. The molecule has 0 rings (SSSR count). The third-order valence-corrected chi connectivity index (χ3v) is 5.15. The number of rotatable bonds is 22. The van der Waals surface area contributed by atoms with Crippen LogP contribution in [-0.4, -0.2) is 55.6 Å². The summed E-state index contributed by atoms with van der Waals surface area (Å²) in [6.45, 7) is 3.96. The van der Waals surface area contributed by atoms with Crippen LogP contribution in [0.2, 0.25) is 0 Å². The third kappa shape index (κ3) is 44.1. The first-order valence-corrected chi connectivity index (χ1v) is 14.1. The van der Waals surface area contributed by atoms with Crippen LogP contribution >= 0.6 is 0 Å². The fourth-order valence-corrected chi connectivity index (χ4v) is 3.41. The lowest BCUT2D eigenvalue weighted by Crippen LogP contribution is -2.30. The predicted molar refractivity (Wildman–Crippen MR) is 142 cm³/mol. The highest BCUT2D eigenvalue weighted by atomic mass is 32.3. The minimum Gasteiger partial charge on any atom is -0.370 e. The molecule has 0 aromatic heterocycles. The number of hydrogen-bond acceptors (Lipinski definition) is 5. The third-order valence-electron chi connectivity index (χ3n) is 5.15. The summed E-state index contributed by atoms with van der Waals surface area (Å²) in [5.41, 5.74) is 15.8.